The molecule has 2 rings (SSSR count). The summed E-state index contributed by atoms with van der Waals surface area (Å²) in [4.78, 5) is 0. The SMILES string of the molecule is Clc1ccc(CBr)cc1Oc1ccccc1. The van der Waals surface area contributed by atoms with Gasteiger partial charge in [-0.15, -0.1) is 0 Å². The predicted octanol–water partition coefficient (Wildman–Crippen LogP) is 5.03. The minimum absolute atomic E-state index is 0.619. The molecule has 0 aromatic heterocycles. The van der Waals surface area contributed by atoms with Gasteiger partial charge in [-0.2, -0.15) is 0 Å². The summed E-state index contributed by atoms with van der Waals surface area (Å²) in [6, 6.07) is 15.3. The lowest BCUT2D eigenvalue weighted by molar-refractivity contribution is 0.482. The minimum Gasteiger partial charge on any atom is -0.456 e. The van der Waals surface area contributed by atoms with Gasteiger partial charge >= 0.3 is 0 Å². The molecule has 16 heavy (non-hydrogen) atoms. The van der Waals surface area contributed by atoms with Crippen LogP contribution in [0.3, 0.4) is 0 Å². The highest BCUT2D eigenvalue weighted by molar-refractivity contribution is 9.08. The highest BCUT2D eigenvalue weighted by Gasteiger charge is 2.03. The smallest absolute Gasteiger partial charge is 0.146 e. The Morgan fingerprint density at radius 3 is 2.50 bits per heavy atom. The first-order valence-corrected chi connectivity index (χ1v) is 6.37. The summed E-state index contributed by atoms with van der Waals surface area (Å²) in [7, 11) is 0. The van der Waals surface area contributed by atoms with Gasteiger partial charge in [-0.1, -0.05) is 51.8 Å². The van der Waals surface area contributed by atoms with Crippen LogP contribution >= 0.6 is 27.5 Å². The lowest BCUT2D eigenvalue weighted by atomic mass is 10.2. The molecule has 82 valence electrons. The van der Waals surface area contributed by atoms with E-state index in [9.17, 15) is 0 Å². The van der Waals surface area contributed by atoms with Crippen LogP contribution in [0.5, 0.6) is 11.5 Å². The summed E-state index contributed by atoms with van der Waals surface area (Å²) in [5.74, 6) is 1.47. The van der Waals surface area contributed by atoms with Crippen molar-refractivity contribution in [3.05, 3.63) is 59.1 Å². The molecule has 3 heteroatoms. The quantitative estimate of drug-likeness (QED) is 0.722. The van der Waals surface area contributed by atoms with Crippen molar-refractivity contribution in [3.63, 3.8) is 0 Å². The average Bonchev–Trinajstić information content (AvgIpc) is 2.33. The number of hydrogen-bond acceptors (Lipinski definition) is 1. The molecule has 0 saturated heterocycles. The first kappa shape index (κ1) is 11.5. The Morgan fingerprint density at radius 1 is 1.06 bits per heavy atom. The third kappa shape index (κ3) is 2.77. The Morgan fingerprint density at radius 2 is 1.81 bits per heavy atom. The number of hydrogen-bond donors (Lipinski definition) is 0. The van der Waals surface area contributed by atoms with Crippen molar-refractivity contribution in [2.24, 2.45) is 0 Å². The molecule has 0 spiro atoms. The van der Waals surface area contributed by atoms with Crippen molar-refractivity contribution in [3.8, 4) is 11.5 Å². The van der Waals surface area contributed by atoms with Crippen molar-refractivity contribution in [2.45, 2.75) is 5.33 Å². The fraction of sp³-hybridized carbons (Fsp3) is 0.0769. The summed E-state index contributed by atoms with van der Waals surface area (Å²) in [5.41, 5.74) is 1.13. The van der Waals surface area contributed by atoms with Crippen LogP contribution in [-0.4, -0.2) is 0 Å². The van der Waals surface area contributed by atoms with E-state index in [0.717, 1.165) is 16.6 Å². The van der Waals surface area contributed by atoms with Gasteiger partial charge in [0, 0.05) is 5.33 Å². The van der Waals surface area contributed by atoms with E-state index in [1.807, 2.05) is 48.5 Å². The Balaban J connectivity index is 2.27. The maximum atomic E-state index is 6.06. The normalized spacial score (nSPS) is 10.1. The summed E-state index contributed by atoms with van der Waals surface area (Å²) in [6.07, 6.45) is 0. The van der Waals surface area contributed by atoms with Gasteiger partial charge in [0.1, 0.15) is 11.5 Å². The van der Waals surface area contributed by atoms with Crippen LogP contribution in [0, 0.1) is 0 Å². The predicted molar refractivity (Wildman–Crippen MR) is 70.6 cm³/mol. The standard InChI is InChI=1S/C13H10BrClO/c14-9-10-6-7-12(15)13(8-10)16-11-4-2-1-3-5-11/h1-8H,9H2. The molecule has 0 aliphatic carbocycles. The molecule has 2 aromatic carbocycles. The first-order valence-electron chi connectivity index (χ1n) is 4.87. The van der Waals surface area contributed by atoms with Gasteiger partial charge in [-0.3, -0.25) is 0 Å². The van der Waals surface area contributed by atoms with E-state index in [2.05, 4.69) is 15.9 Å². The maximum Gasteiger partial charge on any atom is 0.146 e. The zero-order valence-corrected chi connectivity index (χ0v) is 10.8. The van der Waals surface area contributed by atoms with Crippen molar-refractivity contribution < 1.29 is 4.74 Å². The molecular weight excluding hydrogens is 287 g/mol. The van der Waals surface area contributed by atoms with Crippen LogP contribution in [0.4, 0.5) is 0 Å². The fourth-order valence-corrected chi connectivity index (χ4v) is 1.83. The van der Waals surface area contributed by atoms with Gasteiger partial charge in [0.15, 0.2) is 0 Å². The van der Waals surface area contributed by atoms with Gasteiger partial charge in [-0.05, 0) is 29.8 Å². The van der Waals surface area contributed by atoms with Gasteiger partial charge in [0.25, 0.3) is 0 Å². The van der Waals surface area contributed by atoms with E-state index in [-0.39, 0.29) is 0 Å². The third-order valence-electron chi connectivity index (χ3n) is 2.12. The van der Waals surface area contributed by atoms with Crippen molar-refractivity contribution >= 4 is 27.5 Å². The van der Waals surface area contributed by atoms with Crippen molar-refractivity contribution in [1.29, 1.82) is 0 Å². The van der Waals surface area contributed by atoms with E-state index in [0.29, 0.717) is 10.8 Å². The molecule has 0 radical (unpaired) electrons. The summed E-state index contributed by atoms with van der Waals surface area (Å²) in [6.45, 7) is 0. The second-order valence-electron chi connectivity index (χ2n) is 3.31. The number of rotatable bonds is 3. The van der Waals surface area contributed by atoms with Gasteiger partial charge < -0.3 is 4.74 Å². The molecule has 1 nitrogen and oxygen atoms in total. The van der Waals surface area contributed by atoms with Crippen LogP contribution in [0.15, 0.2) is 48.5 Å². The molecule has 2 aromatic rings. The van der Waals surface area contributed by atoms with Gasteiger partial charge in [0.2, 0.25) is 0 Å². The highest BCUT2D eigenvalue weighted by Crippen LogP contribution is 2.30. The fourth-order valence-electron chi connectivity index (χ4n) is 1.32. The van der Waals surface area contributed by atoms with Gasteiger partial charge in [-0.25, -0.2) is 0 Å². The van der Waals surface area contributed by atoms with Crippen molar-refractivity contribution in [1.82, 2.24) is 0 Å². The molecule has 0 aliphatic heterocycles. The van der Waals surface area contributed by atoms with E-state index in [4.69, 9.17) is 16.3 Å². The summed E-state index contributed by atoms with van der Waals surface area (Å²) < 4.78 is 5.70. The summed E-state index contributed by atoms with van der Waals surface area (Å²) in [5, 5.41) is 1.41. The molecule has 0 saturated carbocycles. The largest absolute Gasteiger partial charge is 0.456 e. The van der Waals surface area contributed by atoms with Crippen LogP contribution < -0.4 is 4.74 Å². The zero-order chi connectivity index (χ0) is 11.4. The highest BCUT2D eigenvalue weighted by atomic mass is 79.9. The van der Waals surface area contributed by atoms with Crippen molar-refractivity contribution in [2.75, 3.05) is 0 Å². The minimum atomic E-state index is 0.619. The van der Waals surface area contributed by atoms with E-state index >= 15 is 0 Å². The number of alkyl halides is 1. The third-order valence-corrected chi connectivity index (χ3v) is 3.08. The van der Waals surface area contributed by atoms with Crippen LogP contribution in [0.1, 0.15) is 5.56 Å². The average molecular weight is 298 g/mol. The van der Waals surface area contributed by atoms with Crippen LogP contribution in [-0.2, 0) is 5.33 Å². The molecule has 0 amide bonds. The maximum absolute atomic E-state index is 6.06. The Kier molecular flexibility index (Phi) is 3.86. The number of ether oxygens (including phenoxy) is 1. The Hall–Kier alpha value is -0.990. The van der Waals surface area contributed by atoms with Crippen LogP contribution in [0.25, 0.3) is 0 Å². The molecule has 0 bridgehead atoms. The molecule has 0 aliphatic rings. The van der Waals surface area contributed by atoms with Crippen LogP contribution in [0.2, 0.25) is 5.02 Å². The monoisotopic (exact) mass is 296 g/mol. The number of halogens is 2. The zero-order valence-electron chi connectivity index (χ0n) is 8.49. The topological polar surface area (TPSA) is 9.23 Å². The number of para-hydroxylation sites is 1. The Labute approximate surface area is 108 Å². The van der Waals surface area contributed by atoms with E-state index in [1.54, 1.807) is 0 Å². The lowest BCUT2D eigenvalue weighted by Crippen LogP contribution is -1.86. The van der Waals surface area contributed by atoms with Gasteiger partial charge in [0.05, 0.1) is 5.02 Å². The molecule has 0 atom stereocenters. The Bertz CT molecular complexity index is 471. The molecule has 0 fully saturated rings. The second kappa shape index (κ2) is 5.37. The first-order chi connectivity index (χ1) is 7.79. The second-order valence-corrected chi connectivity index (χ2v) is 4.28. The molecule has 0 unspecified atom stereocenters. The molecule has 0 heterocycles. The lowest BCUT2D eigenvalue weighted by Gasteiger charge is -2.08. The molecule has 0 N–H and O–H groups in total. The van der Waals surface area contributed by atoms with E-state index < -0.39 is 0 Å². The number of benzene rings is 2. The summed E-state index contributed by atoms with van der Waals surface area (Å²) >= 11 is 9.47. The van der Waals surface area contributed by atoms with E-state index in [1.165, 1.54) is 0 Å². The molecular formula is C13H10BrClO.